The fourth-order valence-corrected chi connectivity index (χ4v) is 3.24. The van der Waals surface area contributed by atoms with Crippen LogP contribution in [0, 0.1) is 11.8 Å². The Bertz CT molecular complexity index is 471. The van der Waals surface area contributed by atoms with Crippen LogP contribution in [-0.2, 0) is 6.42 Å². The predicted molar refractivity (Wildman–Crippen MR) is 75.9 cm³/mol. The lowest BCUT2D eigenvalue weighted by molar-refractivity contribution is -0.274. The standard InChI is InChI=1S/C16H22F3NO/c1-11-4-3-9-15(20,12(11)2)10-13-5-7-14(8-6-13)21-16(17,18)19/h5-8,11-12H,3-4,9-10,20H2,1-2H3. The van der Waals surface area contributed by atoms with E-state index in [4.69, 9.17) is 5.73 Å². The van der Waals surface area contributed by atoms with Gasteiger partial charge in [0.05, 0.1) is 0 Å². The second-order valence-corrected chi connectivity index (χ2v) is 6.26. The third-order valence-corrected chi connectivity index (χ3v) is 4.75. The molecule has 0 saturated heterocycles. The molecule has 2 nitrogen and oxygen atoms in total. The summed E-state index contributed by atoms with van der Waals surface area (Å²) in [6.07, 6.45) is -0.705. The van der Waals surface area contributed by atoms with Gasteiger partial charge in [-0.15, -0.1) is 13.2 Å². The van der Waals surface area contributed by atoms with Gasteiger partial charge in [-0.2, -0.15) is 0 Å². The first kappa shape index (κ1) is 16.1. The molecule has 0 heterocycles. The van der Waals surface area contributed by atoms with Gasteiger partial charge in [-0.05, 0) is 42.4 Å². The van der Waals surface area contributed by atoms with Crippen LogP contribution in [0.25, 0.3) is 0 Å². The minimum Gasteiger partial charge on any atom is -0.406 e. The lowest BCUT2D eigenvalue weighted by Gasteiger charge is -2.43. The average Bonchev–Trinajstić information content (AvgIpc) is 2.37. The van der Waals surface area contributed by atoms with Crippen molar-refractivity contribution < 1.29 is 17.9 Å². The number of benzene rings is 1. The quantitative estimate of drug-likeness (QED) is 0.904. The zero-order chi connectivity index (χ0) is 15.7. The van der Waals surface area contributed by atoms with Crippen LogP contribution in [0.4, 0.5) is 13.2 Å². The molecular weight excluding hydrogens is 279 g/mol. The van der Waals surface area contributed by atoms with Crippen molar-refractivity contribution in [3.63, 3.8) is 0 Å². The number of alkyl halides is 3. The topological polar surface area (TPSA) is 35.2 Å². The van der Waals surface area contributed by atoms with Gasteiger partial charge in [0.25, 0.3) is 0 Å². The number of rotatable bonds is 3. The molecule has 2 N–H and O–H groups in total. The summed E-state index contributed by atoms with van der Waals surface area (Å²) in [5.74, 6) is 0.788. The molecule has 5 heteroatoms. The fourth-order valence-electron chi connectivity index (χ4n) is 3.24. The Morgan fingerprint density at radius 1 is 1.24 bits per heavy atom. The van der Waals surface area contributed by atoms with Crippen molar-refractivity contribution >= 4 is 0 Å². The van der Waals surface area contributed by atoms with E-state index >= 15 is 0 Å². The van der Waals surface area contributed by atoms with Crippen molar-refractivity contribution in [1.29, 1.82) is 0 Å². The molecule has 118 valence electrons. The van der Waals surface area contributed by atoms with E-state index in [1.54, 1.807) is 12.1 Å². The Morgan fingerprint density at radius 3 is 2.43 bits per heavy atom. The Kier molecular flexibility index (Phi) is 4.51. The lowest BCUT2D eigenvalue weighted by atomic mass is 9.66. The van der Waals surface area contributed by atoms with Gasteiger partial charge in [-0.1, -0.05) is 38.8 Å². The summed E-state index contributed by atoms with van der Waals surface area (Å²) in [6.45, 7) is 4.39. The SMILES string of the molecule is CC1CCCC(N)(Cc2ccc(OC(F)(F)F)cc2)C1C. The number of nitrogens with two attached hydrogens (primary N) is 1. The second kappa shape index (κ2) is 5.87. The van der Waals surface area contributed by atoms with Gasteiger partial charge in [0, 0.05) is 5.54 Å². The maximum absolute atomic E-state index is 12.1. The van der Waals surface area contributed by atoms with E-state index in [-0.39, 0.29) is 11.3 Å². The Balaban J connectivity index is 2.06. The summed E-state index contributed by atoms with van der Waals surface area (Å²) in [4.78, 5) is 0. The third-order valence-electron chi connectivity index (χ3n) is 4.75. The molecule has 0 radical (unpaired) electrons. The summed E-state index contributed by atoms with van der Waals surface area (Å²) in [5.41, 5.74) is 7.23. The van der Waals surface area contributed by atoms with Crippen molar-refractivity contribution in [1.82, 2.24) is 0 Å². The Morgan fingerprint density at radius 2 is 1.86 bits per heavy atom. The lowest BCUT2D eigenvalue weighted by Crippen LogP contribution is -2.52. The van der Waals surface area contributed by atoms with Crippen LogP contribution < -0.4 is 10.5 Å². The van der Waals surface area contributed by atoms with Crippen molar-refractivity contribution in [3.05, 3.63) is 29.8 Å². The summed E-state index contributed by atoms with van der Waals surface area (Å²) in [5, 5.41) is 0. The molecule has 1 aromatic rings. The second-order valence-electron chi connectivity index (χ2n) is 6.26. The summed E-state index contributed by atoms with van der Waals surface area (Å²) < 4.78 is 40.3. The van der Waals surface area contributed by atoms with Gasteiger partial charge in [0.2, 0.25) is 0 Å². The van der Waals surface area contributed by atoms with E-state index in [9.17, 15) is 13.2 Å². The maximum Gasteiger partial charge on any atom is 0.573 e. The van der Waals surface area contributed by atoms with Crippen LogP contribution in [0.5, 0.6) is 5.75 Å². The smallest absolute Gasteiger partial charge is 0.406 e. The highest BCUT2D eigenvalue weighted by Crippen LogP contribution is 2.38. The van der Waals surface area contributed by atoms with Gasteiger partial charge < -0.3 is 10.5 Å². The molecule has 1 aliphatic rings. The first-order chi connectivity index (χ1) is 9.70. The zero-order valence-electron chi connectivity index (χ0n) is 12.4. The van der Waals surface area contributed by atoms with Crippen LogP contribution >= 0.6 is 0 Å². The predicted octanol–water partition coefficient (Wildman–Crippen LogP) is 4.28. The summed E-state index contributed by atoms with van der Waals surface area (Å²) in [7, 11) is 0. The van der Waals surface area contributed by atoms with Crippen molar-refractivity contribution in [2.45, 2.75) is 51.4 Å². The highest BCUT2D eigenvalue weighted by molar-refractivity contribution is 5.29. The van der Waals surface area contributed by atoms with E-state index in [2.05, 4.69) is 18.6 Å². The minimum atomic E-state index is -4.65. The molecule has 1 aliphatic carbocycles. The Labute approximate surface area is 123 Å². The molecule has 3 atom stereocenters. The largest absolute Gasteiger partial charge is 0.573 e. The number of halogens is 3. The van der Waals surface area contributed by atoms with Crippen molar-refractivity contribution in [3.8, 4) is 5.75 Å². The van der Waals surface area contributed by atoms with E-state index < -0.39 is 6.36 Å². The van der Waals surface area contributed by atoms with E-state index in [1.165, 1.54) is 18.6 Å². The van der Waals surface area contributed by atoms with Gasteiger partial charge in [0.1, 0.15) is 5.75 Å². The summed E-state index contributed by atoms with van der Waals surface area (Å²) in [6, 6.07) is 6.04. The van der Waals surface area contributed by atoms with Crippen LogP contribution in [0.2, 0.25) is 0 Å². The molecule has 0 aliphatic heterocycles. The molecule has 0 spiro atoms. The number of ether oxygens (including phenoxy) is 1. The summed E-state index contributed by atoms with van der Waals surface area (Å²) >= 11 is 0. The van der Waals surface area contributed by atoms with Crippen molar-refractivity contribution in [2.24, 2.45) is 17.6 Å². The van der Waals surface area contributed by atoms with Crippen molar-refractivity contribution in [2.75, 3.05) is 0 Å². The molecule has 1 aromatic carbocycles. The molecule has 1 fully saturated rings. The van der Waals surface area contributed by atoms with Gasteiger partial charge in [-0.3, -0.25) is 0 Å². The highest BCUT2D eigenvalue weighted by atomic mass is 19.4. The Hall–Kier alpha value is -1.23. The molecule has 3 unspecified atom stereocenters. The zero-order valence-corrected chi connectivity index (χ0v) is 12.4. The first-order valence-corrected chi connectivity index (χ1v) is 7.33. The van der Waals surface area contributed by atoms with Gasteiger partial charge in [-0.25, -0.2) is 0 Å². The van der Waals surface area contributed by atoms with Crippen LogP contribution in [0.1, 0.15) is 38.7 Å². The molecule has 2 rings (SSSR count). The van der Waals surface area contributed by atoms with Gasteiger partial charge >= 0.3 is 6.36 Å². The molecule has 1 saturated carbocycles. The number of hydrogen-bond acceptors (Lipinski definition) is 2. The maximum atomic E-state index is 12.1. The van der Waals surface area contributed by atoms with Gasteiger partial charge in [0.15, 0.2) is 0 Å². The minimum absolute atomic E-state index is 0.192. The monoisotopic (exact) mass is 301 g/mol. The molecule has 0 aromatic heterocycles. The molecule has 0 amide bonds. The fraction of sp³-hybridized carbons (Fsp3) is 0.625. The molecular formula is C16H22F3NO. The third kappa shape index (κ3) is 4.13. The average molecular weight is 301 g/mol. The normalized spacial score (nSPS) is 30.2. The van der Waals surface area contributed by atoms with E-state index in [0.29, 0.717) is 18.3 Å². The van der Waals surface area contributed by atoms with E-state index in [0.717, 1.165) is 18.4 Å². The highest BCUT2D eigenvalue weighted by Gasteiger charge is 2.38. The molecule has 0 bridgehead atoms. The first-order valence-electron chi connectivity index (χ1n) is 7.33. The molecule has 21 heavy (non-hydrogen) atoms. The number of hydrogen-bond donors (Lipinski definition) is 1. The van der Waals surface area contributed by atoms with Crippen LogP contribution in [0.3, 0.4) is 0 Å². The van der Waals surface area contributed by atoms with Crippen LogP contribution in [0.15, 0.2) is 24.3 Å². The van der Waals surface area contributed by atoms with E-state index in [1.807, 2.05) is 0 Å². The van der Waals surface area contributed by atoms with Crippen LogP contribution in [-0.4, -0.2) is 11.9 Å².